The van der Waals surface area contributed by atoms with E-state index < -0.39 is 47.2 Å². The number of halogens is 4. The lowest BCUT2D eigenvalue weighted by Gasteiger charge is -2.24. The standard InChI is InChI=1S/C17H11F4N3O3/c18-15-6-5-13(24(26)27)7-14(15)16(25)23(10-17(19,20)21)9-12-3-1-11(8-22)2-4-12/h1-7H,9-10H2. The molecule has 0 N–H and O–H groups in total. The summed E-state index contributed by atoms with van der Waals surface area (Å²) in [7, 11) is 0. The van der Waals surface area contributed by atoms with Crippen LogP contribution in [0.25, 0.3) is 0 Å². The van der Waals surface area contributed by atoms with Gasteiger partial charge in [0.2, 0.25) is 0 Å². The summed E-state index contributed by atoms with van der Waals surface area (Å²) < 4.78 is 52.5. The fourth-order valence-corrected chi connectivity index (χ4v) is 2.28. The lowest BCUT2D eigenvalue weighted by molar-refractivity contribution is -0.384. The van der Waals surface area contributed by atoms with Gasteiger partial charge in [0.25, 0.3) is 11.6 Å². The van der Waals surface area contributed by atoms with Gasteiger partial charge in [-0.3, -0.25) is 14.9 Å². The van der Waals surface area contributed by atoms with Gasteiger partial charge in [-0.25, -0.2) is 4.39 Å². The minimum Gasteiger partial charge on any atom is -0.325 e. The summed E-state index contributed by atoms with van der Waals surface area (Å²) in [5.41, 5.74) is -0.901. The first-order chi connectivity index (χ1) is 12.6. The van der Waals surface area contributed by atoms with Crippen molar-refractivity contribution in [2.24, 2.45) is 0 Å². The molecule has 0 aliphatic carbocycles. The van der Waals surface area contributed by atoms with Crippen LogP contribution < -0.4 is 0 Å². The molecule has 1 amide bonds. The van der Waals surface area contributed by atoms with E-state index in [9.17, 15) is 32.5 Å². The molecule has 0 spiro atoms. The van der Waals surface area contributed by atoms with Crippen LogP contribution in [-0.2, 0) is 6.54 Å². The molecule has 140 valence electrons. The molecule has 0 fully saturated rings. The number of amides is 1. The number of nitrogens with zero attached hydrogens (tertiary/aromatic N) is 3. The van der Waals surface area contributed by atoms with Gasteiger partial charge in [0.05, 0.1) is 22.1 Å². The first-order valence-electron chi connectivity index (χ1n) is 7.39. The van der Waals surface area contributed by atoms with Crippen LogP contribution in [0.3, 0.4) is 0 Å². The Balaban J connectivity index is 2.38. The molecule has 0 aliphatic heterocycles. The first-order valence-corrected chi connectivity index (χ1v) is 7.39. The van der Waals surface area contributed by atoms with E-state index in [2.05, 4.69) is 0 Å². The van der Waals surface area contributed by atoms with Crippen LogP contribution in [0.2, 0.25) is 0 Å². The maximum atomic E-state index is 13.9. The van der Waals surface area contributed by atoms with E-state index in [-0.39, 0.29) is 11.1 Å². The van der Waals surface area contributed by atoms with Gasteiger partial charge in [0.15, 0.2) is 0 Å². The zero-order valence-corrected chi connectivity index (χ0v) is 13.5. The Kier molecular flexibility index (Phi) is 5.75. The number of carbonyl (C=O) groups excluding carboxylic acids is 1. The van der Waals surface area contributed by atoms with Crippen LogP contribution in [0, 0.1) is 27.3 Å². The summed E-state index contributed by atoms with van der Waals surface area (Å²) in [6, 6.07) is 9.34. The molecule has 0 heterocycles. The van der Waals surface area contributed by atoms with Crippen molar-refractivity contribution >= 4 is 11.6 Å². The maximum Gasteiger partial charge on any atom is 0.406 e. The Hall–Kier alpha value is -3.48. The highest BCUT2D eigenvalue weighted by Gasteiger charge is 2.34. The lowest BCUT2D eigenvalue weighted by Crippen LogP contribution is -2.38. The molecule has 0 atom stereocenters. The summed E-state index contributed by atoms with van der Waals surface area (Å²) in [4.78, 5) is 22.7. The summed E-state index contributed by atoms with van der Waals surface area (Å²) in [6.45, 7) is -2.19. The predicted octanol–water partition coefficient (Wildman–Crippen LogP) is 3.81. The van der Waals surface area contributed by atoms with Gasteiger partial charge in [-0.15, -0.1) is 0 Å². The van der Waals surface area contributed by atoms with Crippen molar-refractivity contribution in [3.8, 4) is 6.07 Å². The highest BCUT2D eigenvalue weighted by molar-refractivity contribution is 5.95. The van der Waals surface area contributed by atoms with Crippen molar-refractivity contribution in [1.82, 2.24) is 4.90 Å². The van der Waals surface area contributed by atoms with E-state index in [0.29, 0.717) is 17.0 Å². The predicted molar refractivity (Wildman–Crippen MR) is 85.0 cm³/mol. The van der Waals surface area contributed by atoms with E-state index in [4.69, 9.17) is 5.26 Å². The molecule has 0 bridgehead atoms. The molecule has 27 heavy (non-hydrogen) atoms. The topological polar surface area (TPSA) is 87.2 Å². The zero-order chi connectivity index (χ0) is 20.2. The largest absolute Gasteiger partial charge is 0.406 e. The van der Waals surface area contributed by atoms with Gasteiger partial charge in [-0.2, -0.15) is 18.4 Å². The molecule has 0 aliphatic rings. The second-order valence-corrected chi connectivity index (χ2v) is 5.51. The maximum absolute atomic E-state index is 13.9. The van der Waals surface area contributed by atoms with Crippen LogP contribution in [0.1, 0.15) is 21.5 Å². The molecule has 2 aromatic rings. The van der Waals surface area contributed by atoms with Crippen molar-refractivity contribution < 1.29 is 27.3 Å². The fourth-order valence-electron chi connectivity index (χ4n) is 2.28. The molecular weight excluding hydrogens is 370 g/mol. The number of hydrogen-bond donors (Lipinski definition) is 0. The average molecular weight is 381 g/mol. The number of rotatable bonds is 5. The third-order valence-electron chi connectivity index (χ3n) is 3.50. The van der Waals surface area contributed by atoms with Gasteiger partial charge < -0.3 is 4.90 Å². The van der Waals surface area contributed by atoms with E-state index in [1.807, 2.05) is 6.07 Å². The SMILES string of the molecule is N#Cc1ccc(CN(CC(F)(F)F)C(=O)c2cc([N+](=O)[O-])ccc2F)cc1. The molecule has 6 nitrogen and oxygen atoms in total. The minimum atomic E-state index is -4.76. The van der Waals surface area contributed by atoms with E-state index in [1.54, 1.807) is 0 Å². The van der Waals surface area contributed by atoms with Crippen molar-refractivity contribution in [1.29, 1.82) is 5.26 Å². The highest BCUT2D eigenvalue weighted by atomic mass is 19.4. The molecule has 0 unspecified atom stereocenters. The number of carbonyl (C=O) groups is 1. The Morgan fingerprint density at radius 2 is 1.81 bits per heavy atom. The second-order valence-electron chi connectivity index (χ2n) is 5.51. The average Bonchev–Trinajstić information content (AvgIpc) is 2.60. The van der Waals surface area contributed by atoms with Crippen LogP contribution >= 0.6 is 0 Å². The van der Waals surface area contributed by atoms with Crippen LogP contribution in [0.5, 0.6) is 0 Å². The molecule has 10 heteroatoms. The lowest BCUT2D eigenvalue weighted by atomic mass is 10.1. The summed E-state index contributed by atoms with van der Waals surface area (Å²) >= 11 is 0. The van der Waals surface area contributed by atoms with Crippen LogP contribution in [0.15, 0.2) is 42.5 Å². The van der Waals surface area contributed by atoms with E-state index in [0.717, 1.165) is 6.07 Å². The fraction of sp³-hybridized carbons (Fsp3) is 0.176. The smallest absolute Gasteiger partial charge is 0.325 e. The Bertz CT molecular complexity index is 905. The first kappa shape index (κ1) is 19.8. The number of non-ortho nitro benzene ring substituents is 1. The molecular formula is C17H11F4N3O3. The van der Waals surface area contributed by atoms with Gasteiger partial charge in [-0.1, -0.05) is 12.1 Å². The highest BCUT2D eigenvalue weighted by Crippen LogP contribution is 2.23. The van der Waals surface area contributed by atoms with E-state index in [1.165, 1.54) is 24.3 Å². The molecule has 2 aromatic carbocycles. The second kappa shape index (κ2) is 7.82. The van der Waals surface area contributed by atoms with Crippen LogP contribution in [-0.4, -0.2) is 28.5 Å². The normalized spacial score (nSPS) is 10.9. The molecule has 0 radical (unpaired) electrons. The third kappa shape index (κ3) is 5.24. The van der Waals surface area contributed by atoms with Crippen molar-refractivity contribution in [2.75, 3.05) is 6.54 Å². The number of nitro groups is 1. The molecule has 0 saturated heterocycles. The van der Waals surface area contributed by atoms with Crippen molar-refractivity contribution in [3.63, 3.8) is 0 Å². The summed E-state index contributed by atoms with van der Waals surface area (Å²) in [5.74, 6) is -2.50. The molecule has 0 saturated carbocycles. The Morgan fingerprint density at radius 1 is 1.19 bits per heavy atom. The summed E-state index contributed by atoms with van der Waals surface area (Å²) in [5, 5.41) is 19.5. The minimum absolute atomic E-state index is 0.275. The number of hydrogen-bond acceptors (Lipinski definition) is 4. The molecule has 0 aromatic heterocycles. The summed E-state index contributed by atoms with van der Waals surface area (Å²) in [6.07, 6.45) is -4.76. The quantitative estimate of drug-likeness (QED) is 0.448. The van der Waals surface area contributed by atoms with Crippen LogP contribution in [0.4, 0.5) is 23.2 Å². The monoisotopic (exact) mass is 381 g/mol. The number of alkyl halides is 3. The zero-order valence-electron chi connectivity index (χ0n) is 13.5. The number of benzene rings is 2. The van der Waals surface area contributed by atoms with Gasteiger partial charge in [-0.05, 0) is 23.8 Å². The Labute approximate surface area is 150 Å². The third-order valence-corrected chi connectivity index (χ3v) is 3.50. The van der Waals surface area contributed by atoms with E-state index >= 15 is 0 Å². The van der Waals surface area contributed by atoms with Gasteiger partial charge in [0, 0.05) is 18.7 Å². The Morgan fingerprint density at radius 3 is 2.33 bits per heavy atom. The number of nitriles is 1. The van der Waals surface area contributed by atoms with Gasteiger partial charge >= 0.3 is 6.18 Å². The van der Waals surface area contributed by atoms with Gasteiger partial charge in [0.1, 0.15) is 12.4 Å². The van der Waals surface area contributed by atoms with Crippen molar-refractivity contribution in [2.45, 2.75) is 12.7 Å². The number of nitro benzene ring substituents is 1. The van der Waals surface area contributed by atoms with Crippen molar-refractivity contribution in [3.05, 3.63) is 75.1 Å². The molecule has 2 rings (SSSR count).